The summed E-state index contributed by atoms with van der Waals surface area (Å²) in [5, 5.41) is 0. The molecule has 0 unspecified atom stereocenters. The Hall–Kier alpha value is -1.41. The van der Waals surface area contributed by atoms with E-state index in [0.29, 0.717) is 0 Å². The van der Waals surface area contributed by atoms with Gasteiger partial charge in [-0.25, -0.2) is 0 Å². The molecule has 0 N–H and O–H groups in total. The van der Waals surface area contributed by atoms with Gasteiger partial charge in [-0.1, -0.05) is 44.2 Å². The Bertz CT molecular complexity index is 440. The maximum atomic E-state index is 4.45. The van der Waals surface area contributed by atoms with Gasteiger partial charge in [0, 0.05) is 17.6 Å². The smallest absolute Gasteiger partial charge is 0.0543 e. The molecule has 0 aliphatic heterocycles. The van der Waals surface area contributed by atoms with Crippen LogP contribution in [0.4, 0.5) is 11.4 Å². The van der Waals surface area contributed by atoms with Crippen molar-refractivity contribution < 1.29 is 0 Å². The summed E-state index contributed by atoms with van der Waals surface area (Å²) in [6, 6.07) is 18.3. The standard InChI is InChI=1S/C13H13NS.C2H6/c1-14(11-7-3-2-4-8-11)12-9-5-6-10-13(12)15;1-2/h2-10,15H,1H3;1-2H3. The van der Waals surface area contributed by atoms with E-state index in [2.05, 4.69) is 35.7 Å². The average molecular weight is 245 g/mol. The molecule has 2 heteroatoms. The lowest BCUT2D eigenvalue weighted by Crippen LogP contribution is -2.09. The summed E-state index contributed by atoms with van der Waals surface area (Å²) in [6.45, 7) is 4.00. The summed E-state index contributed by atoms with van der Waals surface area (Å²) in [5.74, 6) is 0. The van der Waals surface area contributed by atoms with Gasteiger partial charge >= 0.3 is 0 Å². The Kier molecular flexibility index (Phi) is 5.64. The minimum absolute atomic E-state index is 0.990. The van der Waals surface area contributed by atoms with E-state index >= 15 is 0 Å². The second kappa shape index (κ2) is 7.02. The van der Waals surface area contributed by atoms with Gasteiger partial charge in [0.2, 0.25) is 0 Å². The quantitative estimate of drug-likeness (QED) is 0.746. The number of hydrogen-bond acceptors (Lipinski definition) is 2. The summed E-state index contributed by atoms with van der Waals surface area (Å²) in [6.07, 6.45) is 0. The van der Waals surface area contributed by atoms with E-state index in [1.807, 2.05) is 57.3 Å². The van der Waals surface area contributed by atoms with E-state index in [1.54, 1.807) is 0 Å². The molecule has 0 saturated heterocycles. The zero-order valence-corrected chi connectivity index (χ0v) is 11.5. The molecule has 0 aliphatic carbocycles. The summed E-state index contributed by atoms with van der Waals surface area (Å²) in [4.78, 5) is 3.12. The third kappa shape index (κ3) is 3.53. The fraction of sp³-hybridized carbons (Fsp3) is 0.200. The second-order valence-electron chi connectivity index (χ2n) is 3.38. The van der Waals surface area contributed by atoms with Crippen LogP contribution < -0.4 is 4.90 Å². The first kappa shape index (κ1) is 13.7. The second-order valence-corrected chi connectivity index (χ2v) is 3.87. The van der Waals surface area contributed by atoms with Crippen LogP contribution in [0, 0.1) is 0 Å². The van der Waals surface area contributed by atoms with Crippen molar-refractivity contribution in [2.75, 3.05) is 11.9 Å². The van der Waals surface area contributed by atoms with Crippen molar-refractivity contribution in [1.29, 1.82) is 0 Å². The van der Waals surface area contributed by atoms with Gasteiger partial charge in [-0.15, -0.1) is 12.6 Å². The molecule has 0 heterocycles. The van der Waals surface area contributed by atoms with Gasteiger partial charge in [-0.2, -0.15) is 0 Å². The number of rotatable bonds is 2. The lowest BCUT2D eigenvalue weighted by atomic mass is 10.2. The Balaban J connectivity index is 0.000000686. The van der Waals surface area contributed by atoms with Crippen molar-refractivity contribution in [3.8, 4) is 0 Å². The molecule has 1 nitrogen and oxygen atoms in total. The van der Waals surface area contributed by atoms with E-state index in [9.17, 15) is 0 Å². The van der Waals surface area contributed by atoms with Crippen LogP contribution in [0.3, 0.4) is 0 Å². The van der Waals surface area contributed by atoms with Crippen LogP contribution in [0.2, 0.25) is 0 Å². The van der Waals surface area contributed by atoms with Gasteiger partial charge in [0.1, 0.15) is 0 Å². The van der Waals surface area contributed by atoms with Crippen LogP contribution >= 0.6 is 12.6 Å². The SMILES string of the molecule is CC.CN(c1ccccc1)c1ccccc1S. The molecular weight excluding hydrogens is 226 g/mol. The number of nitrogens with zero attached hydrogens (tertiary/aromatic N) is 1. The first-order valence-corrected chi connectivity index (χ1v) is 6.30. The average Bonchev–Trinajstić information content (AvgIpc) is 2.42. The third-order valence-corrected chi connectivity index (χ3v) is 2.76. The van der Waals surface area contributed by atoms with Gasteiger partial charge in [0.25, 0.3) is 0 Å². The van der Waals surface area contributed by atoms with Crippen molar-refractivity contribution in [2.24, 2.45) is 0 Å². The van der Waals surface area contributed by atoms with E-state index in [-0.39, 0.29) is 0 Å². The molecule has 0 atom stereocenters. The van der Waals surface area contributed by atoms with E-state index in [1.165, 1.54) is 5.69 Å². The van der Waals surface area contributed by atoms with E-state index in [4.69, 9.17) is 0 Å². The monoisotopic (exact) mass is 245 g/mol. The van der Waals surface area contributed by atoms with E-state index in [0.717, 1.165) is 10.6 Å². The van der Waals surface area contributed by atoms with Gasteiger partial charge < -0.3 is 4.90 Å². The lowest BCUT2D eigenvalue weighted by Gasteiger charge is -2.20. The fourth-order valence-corrected chi connectivity index (χ4v) is 1.85. The molecule has 17 heavy (non-hydrogen) atoms. The molecule has 0 spiro atoms. The highest BCUT2D eigenvalue weighted by molar-refractivity contribution is 7.80. The zero-order valence-electron chi connectivity index (χ0n) is 10.6. The minimum Gasteiger partial charge on any atom is -0.344 e. The summed E-state index contributed by atoms with van der Waals surface area (Å²) >= 11 is 4.45. The molecule has 0 fully saturated rings. The topological polar surface area (TPSA) is 3.24 Å². The molecule has 0 aromatic heterocycles. The van der Waals surface area contributed by atoms with Crippen molar-refractivity contribution >= 4 is 24.0 Å². The van der Waals surface area contributed by atoms with Crippen LogP contribution in [0.1, 0.15) is 13.8 Å². The summed E-state index contributed by atoms with van der Waals surface area (Å²) < 4.78 is 0. The molecule has 90 valence electrons. The molecule has 0 bridgehead atoms. The van der Waals surface area contributed by atoms with Gasteiger partial charge in [-0.05, 0) is 24.3 Å². The number of hydrogen-bond donors (Lipinski definition) is 1. The molecule has 0 saturated carbocycles. The fourth-order valence-electron chi connectivity index (χ4n) is 1.54. The predicted octanol–water partition coefficient (Wildman–Crippen LogP) is 4.77. The molecule has 2 rings (SSSR count). The normalized spacial score (nSPS) is 9.18. The molecule has 0 radical (unpaired) electrons. The number of para-hydroxylation sites is 2. The molecule has 0 amide bonds. The molecule has 2 aromatic rings. The van der Waals surface area contributed by atoms with Crippen LogP contribution in [0.5, 0.6) is 0 Å². The van der Waals surface area contributed by atoms with Crippen LogP contribution in [0.25, 0.3) is 0 Å². The minimum atomic E-state index is 0.990. The van der Waals surface area contributed by atoms with Crippen molar-refractivity contribution in [1.82, 2.24) is 0 Å². The highest BCUT2D eigenvalue weighted by Crippen LogP contribution is 2.28. The number of thiol groups is 1. The van der Waals surface area contributed by atoms with Crippen LogP contribution in [0.15, 0.2) is 59.5 Å². The van der Waals surface area contributed by atoms with Crippen LogP contribution in [-0.2, 0) is 0 Å². The predicted molar refractivity (Wildman–Crippen MR) is 79.5 cm³/mol. The van der Waals surface area contributed by atoms with Gasteiger partial charge in [-0.3, -0.25) is 0 Å². The van der Waals surface area contributed by atoms with Gasteiger partial charge in [0.15, 0.2) is 0 Å². The Morgan fingerprint density at radius 2 is 1.35 bits per heavy atom. The molecular formula is C15H19NS. The van der Waals surface area contributed by atoms with Crippen molar-refractivity contribution in [2.45, 2.75) is 18.7 Å². The summed E-state index contributed by atoms with van der Waals surface area (Å²) in [5.41, 5.74) is 2.28. The van der Waals surface area contributed by atoms with Gasteiger partial charge in [0.05, 0.1) is 5.69 Å². The maximum absolute atomic E-state index is 4.45. The van der Waals surface area contributed by atoms with Crippen molar-refractivity contribution in [3.63, 3.8) is 0 Å². The Labute approximate surface area is 110 Å². The zero-order chi connectivity index (χ0) is 12.7. The lowest BCUT2D eigenvalue weighted by molar-refractivity contribution is 1.17. The molecule has 0 aliphatic rings. The third-order valence-electron chi connectivity index (χ3n) is 2.39. The number of benzene rings is 2. The van der Waals surface area contributed by atoms with Crippen molar-refractivity contribution in [3.05, 3.63) is 54.6 Å². The molecule has 2 aromatic carbocycles. The number of anilines is 2. The maximum Gasteiger partial charge on any atom is 0.0543 e. The van der Waals surface area contributed by atoms with E-state index < -0.39 is 0 Å². The highest BCUT2D eigenvalue weighted by atomic mass is 32.1. The first-order valence-electron chi connectivity index (χ1n) is 5.86. The largest absolute Gasteiger partial charge is 0.344 e. The Morgan fingerprint density at radius 1 is 0.824 bits per heavy atom. The van der Waals surface area contributed by atoms with Crippen LogP contribution in [-0.4, -0.2) is 7.05 Å². The Morgan fingerprint density at radius 3 is 1.94 bits per heavy atom. The highest BCUT2D eigenvalue weighted by Gasteiger charge is 2.05. The first-order chi connectivity index (χ1) is 8.29. The summed E-state index contributed by atoms with van der Waals surface area (Å²) in [7, 11) is 2.05.